The highest BCUT2D eigenvalue weighted by molar-refractivity contribution is 5.85. The Kier molecular flexibility index (Phi) is 10.2. The van der Waals surface area contributed by atoms with Crippen LogP contribution in [0.4, 0.5) is 0 Å². The van der Waals surface area contributed by atoms with E-state index in [1.54, 1.807) is 0 Å². The van der Waals surface area contributed by atoms with Crippen LogP contribution < -0.4 is 10.6 Å². The highest BCUT2D eigenvalue weighted by Gasteiger charge is 2.22. The summed E-state index contributed by atoms with van der Waals surface area (Å²) in [5.74, 6) is 1.17. The van der Waals surface area contributed by atoms with Gasteiger partial charge in [-0.1, -0.05) is 19.1 Å². The van der Waals surface area contributed by atoms with Gasteiger partial charge in [-0.2, -0.15) is 5.10 Å². The molecule has 1 amide bonds. The molecule has 2 N–H and O–H groups in total. The van der Waals surface area contributed by atoms with Crippen molar-refractivity contribution >= 4 is 30.7 Å². The maximum Gasteiger partial charge on any atom is 0.220 e. The van der Waals surface area contributed by atoms with Crippen molar-refractivity contribution in [3.05, 3.63) is 47.3 Å². The molecule has 0 radical (unpaired) electrons. The van der Waals surface area contributed by atoms with Gasteiger partial charge in [-0.3, -0.25) is 4.79 Å². The molecule has 0 spiro atoms. The second-order valence-electron chi connectivity index (χ2n) is 8.01. The van der Waals surface area contributed by atoms with Crippen molar-refractivity contribution in [1.82, 2.24) is 20.4 Å². The Morgan fingerprint density at radius 3 is 2.48 bits per heavy atom. The summed E-state index contributed by atoms with van der Waals surface area (Å²) < 4.78 is 1.95. The van der Waals surface area contributed by atoms with Crippen molar-refractivity contribution in [2.24, 2.45) is 11.8 Å². The van der Waals surface area contributed by atoms with Crippen LogP contribution in [0.2, 0.25) is 0 Å². The fraction of sp³-hybridized carbons (Fsp3) is 0.545. The first-order chi connectivity index (χ1) is 12.9. The van der Waals surface area contributed by atoms with Crippen LogP contribution >= 0.6 is 24.8 Å². The summed E-state index contributed by atoms with van der Waals surface area (Å²) in [6.45, 7) is 10.5. The van der Waals surface area contributed by atoms with Crippen molar-refractivity contribution in [2.45, 2.75) is 53.0 Å². The van der Waals surface area contributed by atoms with Gasteiger partial charge in [0.05, 0.1) is 17.4 Å². The average Bonchev–Trinajstić information content (AvgIpc) is 3.00. The van der Waals surface area contributed by atoms with E-state index < -0.39 is 0 Å². The monoisotopic (exact) mass is 440 g/mol. The van der Waals surface area contributed by atoms with Gasteiger partial charge < -0.3 is 10.6 Å². The van der Waals surface area contributed by atoms with Gasteiger partial charge in [0.2, 0.25) is 5.91 Å². The highest BCUT2D eigenvalue weighted by Crippen LogP contribution is 2.23. The molecule has 1 aromatic heterocycles. The maximum atomic E-state index is 12.5. The molecule has 2 aromatic rings. The van der Waals surface area contributed by atoms with Gasteiger partial charge >= 0.3 is 0 Å². The number of nitrogens with one attached hydrogen (secondary N) is 2. The number of amides is 1. The molecule has 2 heterocycles. The summed E-state index contributed by atoms with van der Waals surface area (Å²) >= 11 is 0. The third-order valence-electron chi connectivity index (χ3n) is 5.67. The first-order valence-electron chi connectivity index (χ1n) is 10.1. The minimum absolute atomic E-state index is 0. The second kappa shape index (κ2) is 11.6. The highest BCUT2D eigenvalue weighted by atomic mass is 35.5. The van der Waals surface area contributed by atoms with E-state index in [-0.39, 0.29) is 36.8 Å². The minimum Gasteiger partial charge on any atom is -0.350 e. The standard InChI is InChI=1S/C22H32N4O.2ClH/c1-15(20-6-5-11-23-14-20)12-22(27)24-18(4)19-7-9-21(10-8-19)26-17(3)13-16(2)25-26;;/h7-10,13,15,18,20,23H,5-6,11-12,14H2,1-4H3,(H,24,27);2*1H. The first kappa shape index (κ1) is 25.5. The van der Waals surface area contributed by atoms with Gasteiger partial charge in [-0.15, -0.1) is 24.8 Å². The van der Waals surface area contributed by atoms with Crippen molar-refractivity contribution in [1.29, 1.82) is 0 Å². The largest absolute Gasteiger partial charge is 0.350 e. The lowest BCUT2D eigenvalue weighted by molar-refractivity contribution is -0.123. The summed E-state index contributed by atoms with van der Waals surface area (Å²) in [6, 6.07) is 10.3. The Labute approximate surface area is 186 Å². The Balaban J connectivity index is 0.00000210. The Morgan fingerprint density at radius 1 is 1.24 bits per heavy atom. The topological polar surface area (TPSA) is 59.0 Å². The summed E-state index contributed by atoms with van der Waals surface area (Å²) in [7, 11) is 0. The smallest absolute Gasteiger partial charge is 0.220 e. The van der Waals surface area contributed by atoms with E-state index in [2.05, 4.69) is 59.9 Å². The number of nitrogens with zero attached hydrogens (tertiary/aromatic N) is 2. The lowest BCUT2D eigenvalue weighted by Gasteiger charge is -2.28. The molecule has 29 heavy (non-hydrogen) atoms. The van der Waals surface area contributed by atoms with Gasteiger partial charge in [0.15, 0.2) is 0 Å². The summed E-state index contributed by atoms with van der Waals surface area (Å²) in [6.07, 6.45) is 3.04. The zero-order valence-electron chi connectivity index (χ0n) is 17.8. The van der Waals surface area contributed by atoms with Crippen LogP contribution in [0.1, 0.15) is 56.1 Å². The number of aromatic nitrogens is 2. The molecule has 3 unspecified atom stereocenters. The van der Waals surface area contributed by atoms with E-state index in [1.807, 2.05) is 18.5 Å². The zero-order valence-corrected chi connectivity index (χ0v) is 19.4. The average molecular weight is 441 g/mol. The van der Waals surface area contributed by atoms with E-state index in [1.165, 1.54) is 12.8 Å². The number of piperidine rings is 1. The predicted octanol–water partition coefficient (Wildman–Crippen LogP) is 4.54. The molecular formula is C22H34Cl2N4O. The Hall–Kier alpha value is -1.56. The lowest BCUT2D eigenvalue weighted by atomic mass is 9.85. The molecule has 1 aliphatic heterocycles. The molecule has 1 fully saturated rings. The lowest BCUT2D eigenvalue weighted by Crippen LogP contribution is -2.36. The molecule has 1 saturated heterocycles. The molecule has 0 aliphatic carbocycles. The van der Waals surface area contributed by atoms with Gasteiger partial charge in [-0.25, -0.2) is 4.68 Å². The van der Waals surface area contributed by atoms with Gasteiger partial charge in [0.25, 0.3) is 0 Å². The summed E-state index contributed by atoms with van der Waals surface area (Å²) in [4.78, 5) is 12.5. The minimum atomic E-state index is 0. The van der Waals surface area contributed by atoms with Crippen LogP contribution in [-0.4, -0.2) is 28.8 Å². The van der Waals surface area contributed by atoms with Crippen molar-refractivity contribution in [2.75, 3.05) is 13.1 Å². The van der Waals surface area contributed by atoms with Crippen LogP contribution in [0.15, 0.2) is 30.3 Å². The second-order valence-corrected chi connectivity index (χ2v) is 8.01. The fourth-order valence-corrected chi connectivity index (χ4v) is 4.00. The number of aryl methyl sites for hydroxylation is 2. The number of hydrogen-bond acceptors (Lipinski definition) is 3. The molecule has 1 aromatic carbocycles. The number of rotatable bonds is 6. The van der Waals surface area contributed by atoms with E-state index in [0.717, 1.165) is 35.7 Å². The first-order valence-corrected chi connectivity index (χ1v) is 10.1. The van der Waals surface area contributed by atoms with E-state index >= 15 is 0 Å². The molecule has 5 nitrogen and oxygen atoms in total. The van der Waals surface area contributed by atoms with Crippen molar-refractivity contribution < 1.29 is 4.79 Å². The SMILES string of the molecule is Cc1cc(C)n(-c2ccc(C(C)NC(=O)CC(C)C3CCCNC3)cc2)n1.Cl.Cl. The number of carbonyl (C=O) groups excluding carboxylic acids is 1. The molecule has 0 bridgehead atoms. The van der Waals surface area contributed by atoms with E-state index in [4.69, 9.17) is 0 Å². The van der Waals surface area contributed by atoms with Crippen LogP contribution in [0.3, 0.4) is 0 Å². The van der Waals surface area contributed by atoms with Crippen molar-refractivity contribution in [3.8, 4) is 5.69 Å². The molecule has 162 valence electrons. The number of benzene rings is 1. The van der Waals surface area contributed by atoms with Crippen LogP contribution in [0.5, 0.6) is 0 Å². The van der Waals surface area contributed by atoms with Gasteiger partial charge in [0, 0.05) is 12.1 Å². The molecule has 3 rings (SSSR count). The zero-order chi connectivity index (χ0) is 19.4. The normalized spacial score (nSPS) is 18.1. The molecular weight excluding hydrogens is 407 g/mol. The number of carbonyl (C=O) groups is 1. The maximum absolute atomic E-state index is 12.5. The molecule has 1 aliphatic rings. The molecule has 0 saturated carbocycles. The third kappa shape index (κ3) is 6.73. The summed E-state index contributed by atoms with van der Waals surface area (Å²) in [5.41, 5.74) is 4.29. The number of halogens is 2. The van der Waals surface area contributed by atoms with Crippen LogP contribution in [-0.2, 0) is 4.79 Å². The molecule has 3 atom stereocenters. The van der Waals surface area contributed by atoms with E-state index in [9.17, 15) is 4.79 Å². The number of hydrogen-bond donors (Lipinski definition) is 2. The third-order valence-corrected chi connectivity index (χ3v) is 5.67. The summed E-state index contributed by atoms with van der Waals surface area (Å²) in [5, 5.41) is 11.1. The fourth-order valence-electron chi connectivity index (χ4n) is 4.00. The van der Waals surface area contributed by atoms with Crippen LogP contribution in [0, 0.1) is 25.7 Å². The predicted molar refractivity (Wildman–Crippen MR) is 123 cm³/mol. The van der Waals surface area contributed by atoms with Crippen LogP contribution in [0.25, 0.3) is 5.69 Å². The van der Waals surface area contributed by atoms with Gasteiger partial charge in [-0.05, 0) is 82.3 Å². The Bertz CT molecular complexity index is 770. The van der Waals surface area contributed by atoms with Crippen molar-refractivity contribution in [3.63, 3.8) is 0 Å². The molecule has 7 heteroatoms. The van der Waals surface area contributed by atoms with E-state index in [0.29, 0.717) is 18.3 Å². The Morgan fingerprint density at radius 2 is 1.93 bits per heavy atom. The van der Waals surface area contributed by atoms with Gasteiger partial charge in [0.1, 0.15) is 0 Å². The quantitative estimate of drug-likeness (QED) is 0.692.